The summed E-state index contributed by atoms with van der Waals surface area (Å²) in [6.45, 7) is 0. The molecule has 0 aliphatic heterocycles. The lowest BCUT2D eigenvalue weighted by atomic mass is 9.94. The molecule has 0 amide bonds. The van der Waals surface area contributed by atoms with E-state index in [9.17, 15) is 10.5 Å². The second kappa shape index (κ2) is 10.9. The van der Waals surface area contributed by atoms with Crippen molar-refractivity contribution in [2.75, 3.05) is 0 Å². The largest absolute Gasteiger partial charge is 0.309 e. The van der Waals surface area contributed by atoms with Crippen LogP contribution in [-0.2, 0) is 0 Å². The van der Waals surface area contributed by atoms with Crippen LogP contribution in [-0.4, -0.2) is 9.13 Å². The summed E-state index contributed by atoms with van der Waals surface area (Å²) in [5.41, 5.74) is 10.9. The first-order chi connectivity index (χ1) is 23.7. The summed E-state index contributed by atoms with van der Waals surface area (Å²) in [5.74, 6) is 0. The summed E-state index contributed by atoms with van der Waals surface area (Å²) >= 11 is 0. The van der Waals surface area contributed by atoms with Crippen LogP contribution in [0.5, 0.6) is 0 Å². The SMILES string of the molecule is N#Cc1ccc(-c2ccc(-c3cccc(-n4c5ccccc5c5ccccc54)c3)cc2)c(-n2c3ccccc3c3ccccc32)c1C#N. The average molecular weight is 611 g/mol. The highest BCUT2D eigenvalue weighted by atomic mass is 15.0. The van der Waals surface area contributed by atoms with Crippen molar-refractivity contribution < 1.29 is 0 Å². The first-order valence-corrected chi connectivity index (χ1v) is 15.9. The van der Waals surface area contributed by atoms with Crippen molar-refractivity contribution in [1.82, 2.24) is 9.13 Å². The predicted molar refractivity (Wildman–Crippen MR) is 195 cm³/mol. The predicted octanol–water partition coefficient (Wildman–Crippen LogP) is 11.0. The van der Waals surface area contributed by atoms with Crippen LogP contribution < -0.4 is 0 Å². The molecule has 0 unspecified atom stereocenters. The highest BCUT2D eigenvalue weighted by Gasteiger charge is 2.21. The van der Waals surface area contributed by atoms with Gasteiger partial charge in [-0.25, -0.2) is 0 Å². The van der Waals surface area contributed by atoms with Crippen LogP contribution in [0.25, 0.3) is 77.2 Å². The van der Waals surface area contributed by atoms with E-state index in [2.05, 4.69) is 143 Å². The Morgan fingerprint density at radius 1 is 0.396 bits per heavy atom. The monoisotopic (exact) mass is 610 g/mol. The molecule has 0 saturated carbocycles. The van der Waals surface area contributed by atoms with Crippen LogP contribution in [0.1, 0.15) is 11.1 Å². The van der Waals surface area contributed by atoms with Gasteiger partial charge >= 0.3 is 0 Å². The first-order valence-electron chi connectivity index (χ1n) is 15.9. The Balaban J connectivity index is 1.20. The van der Waals surface area contributed by atoms with E-state index in [1.807, 2.05) is 30.3 Å². The molecule has 4 heteroatoms. The van der Waals surface area contributed by atoms with Gasteiger partial charge in [-0.1, -0.05) is 115 Å². The Morgan fingerprint density at radius 2 is 0.896 bits per heavy atom. The molecule has 7 aromatic carbocycles. The smallest absolute Gasteiger partial charge is 0.103 e. The molecule has 9 aromatic rings. The number of hydrogen-bond acceptors (Lipinski definition) is 2. The molecular formula is C44H26N4. The lowest BCUT2D eigenvalue weighted by molar-refractivity contribution is 1.16. The van der Waals surface area contributed by atoms with Crippen molar-refractivity contribution >= 4 is 43.6 Å². The summed E-state index contributed by atoms with van der Waals surface area (Å²) in [6, 6.07) is 59.1. The Labute approximate surface area is 277 Å². The molecule has 0 fully saturated rings. The van der Waals surface area contributed by atoms with Crippen LogP contribution in [0.15, 0.2) is 158 Å². The lowest BCUT2D eigenvalue weighted by Crippen LogP contribution is -2.03. The molecule has 48 heavy (non-hydrogen) atoms. The van der Waals surface area contributed by atoms with Crippen molar-refractivity contribution in [1.29, 1.82) is 10.5 Å². The first kappa shape index (κ1) is 27.4. The summed E-state index contributed by atoms with van der Waals surface area (Å²) in [5, 5.41) is 25.2. The minimum atomic E-state index is 0.358. The van der Waals surface area contributed by atoms with Gasteiger partial charge in [0.05, 0.1) is 38.9 Å². The molecular weight excluding hydrogens is 585 g/mol. The Bertz CT molecular complexity index is 2690. The Hall–Kier alpha value is -6.88. The highest BCUT2D eigenvalue weighted by Crippen LogP contribution is 2.39. The van der Waals surface area contributed by atoms with Gasteiger partial charge in [-0.3, -0.25) is 0 Å². The molecule has 0 atom stereocenters. The van der Waals surface area contributed by atoms with Crippen molar-refractivity contribution in [3.05, 3.63) is 169 Å². The summed E-state index contributed by atoms with van der Waals surface area (Å²) < 4.78 is 4.48. The fourth-order valence-electron chi connectivity index (χ4n) is 7.29. The molecule has 2 aromatic heterocycles. The standard InChI is InChI=1S/C44H26N4/c45-27-32-24-25-34(44(39(32)28-46)48-42-18-7-3-14-37(42)38-15-4-8-19-43(38)48)30-22-20-29(21-23-30)31-10-9-11-33(26-31)47-40-16-5-1-12-35(40)36-13-2-6-17-41(36)47/h1-26H. The van der Waals surface area contributed by atoms with Crippen LogP contribution in [0.3, 0.4) is 0 Å². The maximum absolute atomic E-state index is 10.5. The number of benzene rings is 7. The summed E-state index contributed by atoms with van der Waals surface area (Å²) in [6.07, 6.45) is 0. The van der Waals surface area contributed by atoms with E-state index in [4.69, 9.17) is 0 Å². The van der Waals surface area contributed by atoms with Crippen LogP contribution >= 0.6 is 0 Å². The number of fused-ring (bicyclic) bond motifs is 6. The molecule has 0 aliphatic carbocycles. The van der Waals surface area contributed by atoms with Crippen LogP contribution in [0, 0.1) is 22.7 Å². The van der Waals surface area contributed by atoms with Gasteiger partial charge in [-0.2, -0.15) is 10.5 Å². The summed E-state index contributed by atoms with van der Waals surface area (Å²) in [7, 11) is 0. The second-order valence-corrected chi connectivity index (χ2v) is 12.0. The fourth-order valence-corrected chi connectivity index (χ4v) is 7.29. The van der Waals surface area contributed by atoms with Gasteiger partial charge < -0.3 is 9.13 Å². The molecule has 0 N–H and O–H groups in total. The van der Waals surface area contributed by atoms with E-state index in [1.165, 1.54) is 21.8 Å². The lowest BCUT2D eigenvalue weighted by Gasteiger charge is -2.17. The second-order valence-electron chi connectivity index (χ2n) is 12.0. The molecule has 0 bridgehead atoms. The van der Waals surface area contributed by atoms with E-state index in [0.717, 1.165) is 55.4 Å². The van der Waals surface area contributed by atoms with Gasteiger partial charge in [0.1, 0.15) is 12.1 Å². The van der Waals surface area contributed by atoms with Gasteiger partial charge in [0, 0.05) is 32.8 Å². The zero-order valence-corrected chi connectivity index (χ0v) is 25.8. The van der Waals surface area contributed by atoms with Gasteiger partial charge in [0.25, 0.3) is 0 Å². The summed E-state index contributed by atoms with van der Waals surface area (Å²) in [4.78, 5) is 0. The number of para-hydroxylation sites is 4. The van der Waals surface area contributed by atoms with Crippen molar-refractivity contribution in [2.24, 2.45) is 0 Å². The van der Waals surface area contributed by atoms with Gasteiger partial charge in [0.2, 0.25) is 0 Å². The number of hydrogen-bond donors (Lipinski definition) is 0. The third kappa shape index (κ3) is 4.07. The zero-order chi connectivity index (χ0) is 32.2. The van der Waals surface area contributed by atoms with Crippen molar-refractivity contribution in [3.8, 4) is 45.8 Å². The third-order valence-electron chi connectivity index (χ3n) is 9.43. The molecule has 0 saturated heterocycles. The number of nitriles is 2. The van der Waals surface area contributed by atoms with E-state index >= 15 is 0 Å². The maximum Gasteiger partial charge on any atom is 0.103 e. The van der Waals surface area contributed by atoms with Gasteiger partial charge in [-0.15, -0.1) is 0 Å². The van der Waals surface area contributed by atoms with Gasteiger partial charge in [-0.05, 0) is 59.2 Å². The maximum atomic E-state index is 10.5. The fraction of sp³-hybridized carbons (Fsp3) is 0. The Morgan fingerprint density at radius 3 is 1.42 bits per heavy atom. The number of aromatic nitrogens is 2. The minimum Gasteiger partial charge on any atom is -0.309 e. The zero-order valence-electron chi connectivity index (χ0n) is 25.8. The topological polar surface area (TPSA) is 57.4 Å². The molecule has 0 spiro atoms. The third-order valence-corrected chi connectivity index (χ3v) is 9.43. The van der Waals surface area contributed by atoms with Gasteiger partial charge in [0.15, 0.2) is 0 Å². The molecule has 9 rings (SSSR count). The van der Waals surface area contributed by atoms with Crippen LogP contribution in [0.4, 0.5) is 0 Å². The van der Waals surface area contributed by atoms with E-state index in [-0.39, 0.29) is 0 Å². The van der Waals surface area contributed by atoms with E-state index in [0.29, 0.717) is 11.1 Å². The number of rotatable bonds is 4. The molecule has 2 heterocycles. The average Bonchev–Trinajstić information content (AvgIpc) is 3.67. The minimum absolute atomic E-state index is 0.358. The molecule has 0 aliphatic rings. The normalized spacial score (nSPS) is 11.3. The van der Waals surface area contributed by atoms with E-state index < -0.39 is 0 Å². The molecule has 0 radical (unpaired) electrons. The highest BCUT2D eigenvalue weighted by molar-refractivity contribution is 6.10. The van der Waals surface area contributed by atoms with Crippen LogP contribution in [0.2, 0.25) is 0 Å². The quantitative estimate of drug-likeness (QED) is 0.199. The molecule has 4 nitrogen and oxygen atoms in total. The molecule has 222 valence electrons. The van der Waals surface area contributed by atoms with Crippen molar-refractivity contribution in [2.45, 2.75) is 0 Å². The number of nitrogens with zero attached hydrogens (tertiary/aromatic N) is 4. The van der Waals surface area contributed by atoms with E-state index in [1.54, 1.807) is 6.07 Å². The van der Waals surface area contributed by atoms with Crippen molar-refractivity contribution in [3.63, 3.8) is 0 Å². The Kier molecular flexibility index (Phi) is 6.22.